The summed E-state index contributed by atoms with van der Waals surface area (Å²) in [5, 5.41) is 17.7. The van der Waals surface area contributed by atoms with Crippen LogP contribution in [0.5, 0.6) is 28.7 Å². The van der Waals surface area contributed by atoms with Crippen LogP contribution in [0.3, 0.4) is 0 Å². The van der Waals surface area contributed by atoms with E-state index in [0.717, 1.165) is 6.08 Å². The van der Waals surface area contributed by atoms with Crippen LogP contribution in [0.1, 0.15) is 31.8 Å². The Morgan fingerprint density at radius 3 is 2.10 bits per heavy atom. The zero-order valence-corrected chi connectivity index (χ0v) is 26.2. The number of hydrogen-bond acceptors (Lipinski definition) is 11. The molecule has 14 heteroatoms. The Labute approximate surface area is 274 Å². The lowest BCUT2D eigenvalue weighted by molar-refractivity contribution is -0.384. The highest BCUT2D eigenvalue weighted by molar-refractivity contribution is 6.06. The van der Waals surface area contributed by atoms with Gasteiger partial charge in [-0.1, -0.05) is 18.2 Å². The number of carbonyl (C=O) groups excluding carboxylic acids is 3. The fourth-order valence-corrected chi connectivity index (χ4v) is 4.28. The van der Waals surface area contributed by atoms with E-state index in [9.17, 15) is 24.5 Å². The maximum absolute atomic E-state index is 13.0. The molecular formula is C34H30N4O10. The molecule has 4 rings (SSSR count). The Balaban J connectivity index is 1.37. The number of nitro benzene ring substituents is 1. The molecule has 48 heavy (non-hydrogen) atoms. The number of benzene rings is 4. The van der Waals surface area contributed by atoms with E-state index in [0.29, 0.717) is 34.1 Å². The van der Waals surface area contributed by atoms with Crippen LogP contribution in [-0.4, -0.2) is 57.4 Å². The van der Waals surface area contributed by atoms with Crippen molar-refractivity contribution in [2.45, 2.75) is 0 Å². The molecule has 0 atom stereocenters. The zero-order chi connectivity index (χ0) is 34.6. The summed E-state index contributed by atoms with van der Waals surface area (Å²) in [7, 11) is 5.74. The molecule has 0 bridgehead atoms. The van der Waals surface area contributed by atoms with Gasteiger partial charge in [0.15, 0.2) is 23.0 Å². The smallest absolute Gasteiger partial charge is 0.336 e. The number of methoxy groups -OCH3 is 4. The van der Waals surface area contributed by atoms with Crippen LogP contribution in [0.15, 0.2) is 90.0 Å². The summed E-state index contributed by atoms with van der Waals surface area (Å²) < 4.78 is 26.6. The minimum absolute atomic E-state index is 0.105. The summed E-state index contributed by atoms with van der Waals surface area (Å²) in [6.07, 6.45) is 3.90. The minimum atomic E-state index is -0.727. The van der Waals surface area contributed by atoms with Gasteiger partial charge in [0, 0.05) is 35.0 Å². The Morgan fingerprint density at radius 1 is 0.729 bits per heavy atom. The third-order valence-corrected chi connectivity index (χ3v) is 6.58. The predicted octanol–water partition coefficient (Wildman–Crippen LogP) is 5.26. The first-order valence-electron chi connectivity index (χ1n) is 14.0. The first-order valence-corrected chi connectivity index (χ1v) is 14.0. The fraction of sp³-hybridized carbons (Fsp3) is 0.118. The van der Waals surface area contributed by atoms with Crippen LogP contribution in [0.2, 0.25) is 0 Å². The molecule has 0 aliphatic heterocycles. The summed E-state index contributed by atoms with van der Waals surface area (Å²) in [5.41, 5.74) is 4.13. The van der Waals surface area contributed by atoms with Crippen LogP contribution >= 0.6 is 0 Å². The van der Waals surface area contributed by atoms with Gasteiger partial charge in [0.1, 0.15) is 0 Å². The van der Waals surface area contributed by atoms with E-state index in [1.807, 2.05) is 0 Å². The van der Waals surface area contributed by atoms with Crippen LogP contribution in [-0.2, 0) is 4.79 Å². The number of nitro groups is 1. The average Bonchev–Trinajstić information content (AvgIpc) is 3.10. The van der Waals surface area contributed by atoms with Crippen molar-refractivity contribution in [3.8, 4) is 28.7 Å². The normalized spacial score (nSPS) is 10.8. The SMILES string of the molecule is COc1cc(C=NNC(=O)c2cccc(NC(=O)c3cc(OC)c(OC)c(OC)c3)c2)ccc1OC(=O)/C=C/c1cccc([N+](=O)[O-])c1. The predicted molar refractivity (Wildman–Crippen MR) is 176 cm³/mol. The summed E-state index contributed by atoms with van der Waals surface area (Å²) in [6, 6.07) is 19.7. The van der Waals surface area contributed by atoms with Crippen molar-refractivity contribution in [1.82, 2.24) is 5.43 Å². The highest BCUT2D eigenvalue weighted by Gasteiger charge is 2.18. The minimum Gasteiger partial charge on any atom is -0.493 e. The monoisotopic (exact) mass is 654 g/mol. The molecule has 0 saturated heterocycles. The van der Waals surface area contributed by atoms with E-state index in [1.165, 1.54) is 83.2 Å². The third-order valence-electron chi connectivity index (χ3n) is 6.58. The number of amides is 2. The van der Waals surface area contributed by atoms with Crippen molar-refractivity contribution in [1.29, 1.82) is 0 Å². The Kier molecular flexibility index (Phi) is 11.4. The molecule has 0 unspecified atom stereocenters. The number of nitrogens with zero attached hydrogens (tertiary/aromatic N) is 2. The van der Waals surface area contributed by atoms with E-state index in [2.05, 4.69) is 15.8 Å². The second-order valence-corrected chi connectivity index (χ2v) is 9.66. The van der Waals surface area contributed by atoms with Gasteiger partial charge in [0.05, 0.1) is 39.6 Å². The van der Waals surface area contributed by atoms with Gasteiger partial charge in [-0.05, 0) is 65.7 Å². The molecule has 0 aromatic heterocycles. The molecule has 0 aliphatic carbocycles. The van der Waals surface area contributed by atoms with Crippen molar-refractivity contribution in [3.05, 3.63) is 117 Å². The van der Waals surface area contributed by atoms with Gasteiger partial charge < -0.3 is 29.0 Å². The van der Waals surface area contributed by atoms with E-state index in [1.54, 1.807) is 36.4 Å². The number of hydrazone groups is 1. The Bertz CT molecular complexity index is 1880. The quantitative estimate of drug-likeness (QED) is 0.0482. The lowest BCUT2D eigenvalue weighted by Gasteiger charge is -2.14. The van der Waals surface area contributed by atoms with Crippen LogP contribution in [0, 0.1) is 10.1 Å². The number of esters is 1. The van der Waals surface area contributed by atoms with Gasteiger partial charge in [-0.15, -0.1) is 0 Å². The van der Waals surface area contributed by atoms with Gasteiger partial charge in [-0.25, -0.2) is 10.2 Å². The summed E-state index contributed by atoms with van der Waals surface area (Å²) in [6.45, 7) is 0. The number of non-ortho nitro benzene ring substituents is 1. The maximum Gasteiger partial charge on any atom is 0.336 e. The molecule has 14 nitrogen and oxygen atoms in total. The number of ether oxygens (including phenoxy) is 5. The third kappa shape index (κ3) is 8.72. The molecule has 4 aromatic carbocycles. The van der Waals surface area contributed by atoms with Crippen LogP contribution < -0.4 is 34.4 Å². The fourth-order valence-electron chi connectivity index (χ4n) is 4.28. The molecule has 2 amide bonds. The molecule has 0 spiro atoms. The van der Waals surface area contributed by atoms with E-state index >= 15 is 0 Å². The summed E-state index contributed by atoms with van der Waals surface area (Å²) in [4.78, 5) is 48.5. The maximum atomic E-state index is 13.0. The number of carbonyl (C=O) groups is 3. The van der Waals surface area contributed by atoms with Crippen molar-refractivity contribution in [2.75, 3.05) is 33.8 Å². The largest absolute Gasteiger partial charge is 0.493 e. The second-order valence-electron chi connectivity index (χ2n) is 9.66. The van der Waals surface area contributed by atoms with Crippen molar-refractivity contribution in [2.24, 2.45) is 5.10 Å². The van der Waals surface area contributed by atoms with Gasteiger partial charge in [-0.3, -0.25) is 19.7 Å². The molecule has 0 heterocycles. The lowest BCUT2D eigenvalue weighted by atomic mass is 10.1. The molecule has 2 N–H and O–H groups in total. The molecule has 0 saturated carbocycles. The molecule has 0 radical (unpaired) electrons. The van der Waals surface area contributed by atoms with Gasteiger partial charge in [0.25, 0.3) is 17.5 Å². The Morgan fingerprint density at radius 2 is 1.44 bits per heavy atom. The van der Waals surface area contributed by atoms with Crippen LogP contribution in [0.4, 0.5) is 11.4 Å². The van der Waals surface area contributed by atoms with E-state index in [4.69, 9.17) is 23.7 Å². The molecule has 0 aliphatic rings. The Hall–Kier alpha value is -6.70. The molecule has 4 aromatic rings. The topological polar surface area (TPSA) is 177 Å². The second kappa shape index (κ2) is 16.0. The van der Waals surface area contributed by atoms with Crippen molar-refractivity contribution < 1.29 is 43.0 Å². The molecule has 0 fully saturated rings. The number of nitrogens with one attached hydrogen (secondary N) is 2. The summed E-state index contributed by atoms with van der Waals surface area (Å²) in [5.74, 6) is -0.415. The number of rotatable bonds is 13. The first-order chi connectivity index (χ1) is 23.1. The highest BCUT2D eigenvalue weighted by Crippen LogP contribution is 2.38. The molecular weight excluding hydrogens is 624 g/mol. The van der Waals surface area contributed by atoms with E-state index in [-0.39, 0.29) is 28.3 Å². The average molecular weight is 655 g/mol. The van der Waals surface area contributed by atoms with Crippen molar-refractivity contribution in [3.63, 3.8) is 0 Å². The lowest BCUT2D eigenvalue weighted by Crippen LogP contribution is -2.18. The highest BCUT2D eigenvalue weighted by atomic mass is 16.6. The standard InChI is InChI=1S/C34H30N4O10/c1-44-28-16-22(11-13-27(28)48-31(39)14-12-21-7-5-10-26(15-21)38(42)43)20-35-37-34(41)23-8-6-9-25(17-23)36-33(40)24-18-29(45-2)32(47-4)30(19-24)46-3/h5-20H,1-4H3,(H,36,40)(H,37,41)/b14-12+,35-20?. The van der Waals surface area contributed by atoms with Gasteiger partial charge in [-0.2, -0.15) is 5.10 Å². The van der Waals surface area contributed by atoms with Gasteiger partial charge in [0.2, 0.25) is 5.75 Å². The zero-order valence-electron chi connectivity index (χ0n) is 26.2. The van der Waals surface area contributed by atoms with Gasteiger partial charge >= 0.3 is 5.97 Å². The van der Waals surface area contributed by atoms with E-state index < -0.39 is 22.7 Å². The number of anilines is 1. The number of hydrogen-bond donors (Lipinski definition) is 2. The first kappa shape index (κ1) is 34.2. The summed E-state index contributed by atoms with van der Waals surface area (Å²) >= 11 is 0. The van der Waals surface area contributed by atoms with Crippen LogP contribution in [0.25, 0.3) is 6.08 Å². The molecule has 246 valence electrons. The van der Waals surface area contributed by atoms with Crippen molar-refractivity contribution >= 4 is 41.4 Å².